The zero-order valence-corrected chi connectivity index (χ0v) is 22.2. The molecule has 186 valence electrons. The van der Waals surface area contributed by atoms with E-state index in [0.717, 1.165) is 44.9 Å². The van der Waals surface area contributed by atoms with Gasteiger partial charge in [-0.05, 0) is 103 Å². The van der Waals surface area contributed by atoms with Gasteiger partial charge in [0.1, 0.15) is 0 Å². The van der Waals surface area contributed by atoms with Crippen LogP contribution in [0, 0.1) is 50.7 Å². The first-order valence-electron chi connectivity index (χ1n) is 13.6. The molecule has 4 saturated carbocycles. The topological polar surface area (TPSA) is 60.7 Å². The van der Waals surface area contributed by atoms with E-state index >= 15 is 0 Å². The van der Waals surface area contributed by atoms with Gasteiger partial charge in [-0.25, -0.2) is 0 Å². The van der Waals surface area contributed by atoms with E-state index < -0.39 is 0 Å². The summed E-state index contributed by atoms with van der Waals surface area (Å²) in [6, 6.07) is 0. The minimum atomic E-state index is -0.326. The van der Waals surface area contributed by atoms with Crippen molar-refractivity contribution in [3.8, 4) is 0 Å². The third kappa shape index (κ3) is 3.30. The molecule has 3 nitrogen and oxygen atoms in total. The molecule has 0 unspecified atom stereocenters. The Labute approximate surface area is 197 Å². The quantitative estimate of drug-likeness (QED) is 0.482. The number of rotatable bonds is 3. The summed E-state index contributed by atoms with van der Waals surface area (Å²) in [5.74, 6) is 1.55. The summed E-state index contributed by atoms with van der Waals surface area (Å²) in [5.41, 5.74) is 0.312. The maximum atomic E-state index is 12.0. The molecule has 0 bridgehead atoms. The molecule has 0 aromatic carbocycles. The lowest BCUT2D eigenvalue weighted by Crippen LogP contribution is -2.68. The average Bonchev–Trinajstić information content (AvgIpc) is 2.95. The Morgan fingerprint density at radius 3 is 2.19 bits per heavy atom. The predicted octanol–water partition coefficient (Wildman–Crippen LogP) is 6.19. The van der Waals surface area contributed by atoms with Crippen LogP contribution >= 0.6 is 0 Å². The van der Waals surface area contributed by atoms with Gasteiger partial charge in [-0.1, -0.05) is 55.4 Å². The van der Waals surface area contributed by atoms with Crippen molar-refractivity contribution in [1.82, 2.24) is 0 Å². The van der Waals surface area contributed by atoms with E-state index in [4.69, 9.17) is 0 Å². The van der Waals surface area contributed by atoms with Crippen molar-refractivity contribution in [2.24, 2.45) is 50.7 Å². The van der Waals surface area contributed by atoms with Gasteiger partial charge >= 0.3 is 0 Å². The second-order valence-corrected chi connectivity index (χ2v) is 14.9. The Bertz CT molecular complexity index is 714. The fourth-order valence-corrected chi connectivity index (χ4v) is 9.80. The van der Waals surface area contributed by atoms with Crippen LogP contribution in [0.15, 0.2) is 0 Å². The van der Waals surface area contributed by atoms with E-state index in [0.29, 0.717) is 23.2 Å². The molecule has 0 heterocycles. The van der Waals surface area contributed by atoms with Crippen LogP contribution in [0.25, 0.3) is 0 Å². The molecule has 4 fully saturated rings. The lowest BCUT2D eigenvalue weighted by Gasteiger charge is -2.70. The van der Waals surface area contributed by atoms with Gasteiger partial charge < -0.3 is 15.3 Å². The Balaban J connectivity index is 1.69. The number of fused-ring (bicyclic) bond motifs is 5. The lowest BCUT2D eigenvalue weighted by atomic mass is 9.36. The van der Waals surface area contributed by atoms with Crippen LogP contribution < -0.4 is 0 Å². The molecule has 0 aliphatic heterocycles. The standard InChI is InChI=1S/C29H52O3/c1-18(9-12-25(2,3)4)26(5)14-11-21-24-22(31)16-19-15-20(30)10-13-27(19,6)28(24,7)17-23(32)29(21,26)8/h18-24,30-32H,9-17H2,1-8H3/t18-,19+,20-,21+,22-,23+,24-,26-,27+,28+,29-/m1/s1. The van der Waals surface area contributed by atoms with Crippen LogP contribution in [0.1, 0.15) is 113 Å². The van der Waals surface area contributed by atoms with Gasteiger partial charge in [0.2, 0.25) is 0 Å². The summed E-state index contributed by atoms with van der Waals surface area (Å²) in [6.07, 6.45) is 8.18. The number of hydrogen-bond acceptors (Lipinski definition) is 3. The second kappa shape index (κ2) is 7.69. The molecule has 4 aliphatic carbocycles. The number of hydrogen-bond donors (Lipinski definition) is 3. The van der Waals surface area contributed by atoms with Gasteiger partial charge in [0.25, 0.3) is 0 Å². The fraction of sp³-hybridized carbons (Fsp3) is 1.00. The summed E-state index contributed by atoms with van der Waals surface area (Å²) in [5, 5.41) is 34.0. The Kier molecular flexibility index (Phi) is 6.00. The van der Waals surface area contributed by atoms with Crippen molar-refractivity contribution < 1.29 is 15.3 Å². The largest absolute Gasteiger partial charge is 0.393 e. The monoisotopic (exact) mass is 448 g/mol. The van der Waals surface area contributed by atoms with Crippen molar-refractivity contribution in [2.75, 3.05) is 0 Å². The molecule has 0 spiro atoms. The minimum absolute atomic E-state index is 0.0705. The van der Waals surface area contributed by atoms with Crippen molar-refractivity contribution in [2.45, 2.75) is 131 Å². The highest BCUT2D eigenvalue weighted by molar-refractivity contribution is 5.21. The van der Waals surface area contributed by atoms with Crippen LogP contribution in [0.5, 0.6) is 0 Å². The highest BCUT2D eigenvalue weighted by Crippen LogP contribution is 2.75. The highest BCUT2D eigenvalue weighted by Gasteiger charge is 2.72. The third-order valence-electron chi connectivity index (χ3n) is 12.6. The third-order valence-corrected chi connectivity index (χ3v) is 12.6. The molecule has 32 heavy (non-hydrogen) atoms. The molecular weight excluding hydrogens is 396 g/mol. The molecule has 0 aromatic heterocycles. The van der Waals surface area contributed by atoms with Gasteiger partial charge in [-0.15, -0.1) is 0 Å². The average molecular weight is 449 g/mol. The first-order valence-corrected chi connectivity index (χ1v) is 13.6. The van der Waals surface area contributed by atoms with Crippen molar-refractivity contribution in [3.63, 3.8) is 0 Å². The molecule has 0 amide bonds. The van der Waals surface area contributed by atoms with Gasteiger partial charge in [0, 0.05) is 5.41 Å². The number of aliphatic hydroxyl groups excluding tert-OH is 3. The first-order chi connectivity index (χ1) is 14.6. The fourth-order valence-electron chi connectivity index (χ4n) is 9.80. The first kappa shape index (κ1) is 25.0. The lowest BCUT2D eigenvalue weighted by molar-refractivity contribution is -0.260. The van der Waals surface area contributed by atoms with E-state index in [2.05, 4.69) is 55.4 Å². The zero-order chi connectivity index (χ0) is 23.9. The molecule has 4 rings (SSSR count). The Hall–Kier alpha value is -0.120. The Morgan fingerprint density at radius 2 is 1.56 bits per heavy atom. The molecular formula is C29H52O3. The van der Waals surface area contributed by atoms with Crippen LogP contribution in [-0.2, 0) is 0 Å². The van der Waals surface area contributed by atoms with Gasteiger partial charge in [-0.3, -0.25) is 0 Å². The summed E-state index contributed by atoms with van der Waals surface area (Å²) < 4.78 is 0. The second-order valence-electron chi connectivity index (χ2n) is 14.9. The minimum Gasteiger partial charge on any atom is -0.393 e. The van der Waals surface area contributed by atoms with Gasteiger partial charge in [-0.2, -0.15) is 0 Å². The molecule has 4 aliphatic rings. The maximum absolute atomic E-state index is 12.0. The van der Waals surface area contributed by atoms with E-state index in [-0.39, 0.29) is 45.9 Å². The van der Waals surface area contributed by atoms with E-state index in [9.17, 15) is 15.3 Å². The molecule has 11 atom stereocenters. The smallest absolute Gasteiger partial charge is 0.0607 e. The van der Waals surface area contributed by atoms with Crippen LogP contribution in [0.2, 0.25) is 0 Å². The van der Waals surface area contributed by atoms with Crippen LogP contribution in [0.3, 0.4) is 0 Å². The Morgan fingerprint density at radius 1 is 0.906 bits per heavy atom. The van der Waals surface area contributed by atoms with Crippen LogP contribution in [-0.4, -0.2) is 33.6 Å². The normalized spacial score (nSPS) is 54.5. The van der Waals surface area contributed by atoms with E-state index in [1.165, 1.54) is 12.8 Å². The summed E-state index contributed by atoms with van der Waals surface area (Å²) in [6.45, 7) is 19.1. The van der Waals surface area contributed by atoms with Crippen molar-refractivity contribution in [1.29, 1.82) is 0 Å². The SMILES string of the molecule is C[C@H](CCC(C)(C)C)[C@@]1(C)CC[C@H]2[C@@H]3[C@H](O)C[C@@H]4C[C@H](O)CC[C@]4(C)[C@@]3(C)C[C@H](O)[C@@]21C. The van der Waals surface area contributed by atoms with E-state index in [1.807, 2.05) is 0 Å². The summed E-state index contributed by atoms with van der Waals surface area (Å²) in [7, 11) is 0. The predicted molar refractivity (Wildman–Crippen MR) is 131 cm³/mol. The van der Waals surface area contributed by atoms with Gasteiger partial charge in [0.15, 0.2) is 0 Å². The molecule has 3 N–H and O–H groups in total. The molecule has 0 radical (unpaired) electrons. The zero-order valence-electron chi connectivity index (χ0n) is 22.2. The maximum Gasteiger partial charge on any atom is 0.0607 e. The van der Waals surface area contributed by atoms with Gasteiger partial charge in [0.05, 0.1) is 18.3 Å². The van der Waals surface area contributed by atoms with Crippen molar-refractivity contribution in [3.05, 3.63) is 0 Å². The molecule has 0 aromatic rings. The highest BCUT2D eigenvalue weighted by atomic mass is 16.3. The summed E-state index contributed by atoms with van der Waals surface area (Å²) >= 11 is 0. The van der Waals surface area contributed by atoms with E-state index in [1.54, 1.807) is 0 Å². The summed E-state index contributed by atoms with van der Waals surface area (Å²) in [4.78, 5) is 0. The van der Waals surface area contributed by atoms with Crippen LogP contribution in [0.4, 0.5) is 0 Å². The van der Waals surface area contributed by atoms with Crippen molar-refractivity contribution >= 4 is 0 Å². The molecule has 0 saturated heterocycles. The number of aliphatic hydroxyl groups is 3. The molecule has 3 heteroatoms.